The van der Waals surface area contributed by atoms with Crippen LogP contribution >= 0.6 is 0 Å². The summed E-state index contributed by atoms with van der Waals surface area (Å²) in [6, 6.07) is 14.3. The Morgan fingerprint density at radius 1 is 1.15 bits per heavy atom. The number of rotatable bonds is 4. The van der Waals surface area contributed by atoms with Crippen LogP contribution in [0.5, 0.6) is 0 Å². The van der Waals surface area contributed by atoms with E-state index in [1.54, 1.807) is 41.3 Å². The average molecular weight is 352 g/mol. The lowest BCUT2D eigenvalue weighted by molar-refractivity contribution is 0.0620. The minimum absolute atomic E-state index is 0.0606. The molecule has 1 fully saturated rings. The van der Waals surface area contributed by atoms with E-state index in [0.717, 1.165) is 18.4 Å². The molecule has 1 atom stereocenters. The monoisotopic (exact) mass is 352 g/mol. The summed E-state index contributed by atoms with van der Waals surface area (Å²) in [5.41, 5.74) is 2.81. The highest BCUT2D eigenvalue weighted by molar-refractivity contribution is 6.05. The zero-order valence-corrected chi connectivity index (χ0v) is 14.9. The molecule has 2 N–H and O–H groups in total. The zero-order chi connectivity index (χ0) is 18.5. The molecule has 5 nitrogen and oxygen atoms in total. The molecule has 0 radical (unpaired) electrons. The van der Waals surface area contributed by atoms with Gasteiger partial charge in [-0.05, 0) is 56.0 Å². The van der Waals surface area contributed by atoms with Crippen LogP contribution in [0, 0.1) is 12.8 Å². The summed E-state index contributed by atoms with van der Waals surface area (Å²) in [6.45, 7) is 3.36. The van der Waals surface area contributed by atoms with Crippen molar-refractivity contribution in [2.45, 2.75) is 19.8 Å². The first-order valence-electron chi connectivity index (χ1n) is 8.95. The van der Waals surface area contributed by atoms with Crippen LogP contribution < -0.4 is 5.32 Å². The number of piperidine rings is 1. The molecular formula is C21H24N2O3. The van der Waals surface area contributed by atoms with Crippen molar-refractivity contribution in [3.8, 4) is 0 Å². The highest BCUT2D eigenvalue weighted by atomic mass is 16.3. The molecule has 3 rings (SSSR count). The third-order valence-electron chi connectivity index (χ3n) is 4.75. The molecule has 1 heterocycles. The Labute approximate surface area is 153 Å². The molecule has 0 saturated carbocycles. The first-order chi connectivity index (χ1) is 12.6. The van der Waals surface area contributed by atoms with Gasteiger partial charge in [0.2, 0.25) is 0 Å². The van der Waals surface area contributed by atoms with Crippen LogP contribution in [-0.2, 0) is 0 Å². The lowest BCUT2D eigenvalue weighted by atomic mass is 9.98. The van der Waals surface area contributed by atoms with E-state index >= 15 is 0 Å². The van der Waals surface area contributed by atoms with Gasteiger partial charge in [-0.3, -0.25) is 9.59 Å². The molecule has 2 aromatic rings. The highest BCUT2D eigenvalue weighted by Gasteiger charge is 2.24. The summed E-state index contributed by atoms with van der Waals surface area (Å²) in [4.78, 5) is 26.9. The summed E-state index contributed by atoms with van der Waals surface area (Å²) in [6.07, 6.45) is 1.85. The van der Waals surface area contributed by atoms with Gasteiger partial charge < -0.3 is 15.3 Å². The standard InChI is InChI=1S/C21H24N2O3/c1-15-7-9-17(10-8-15)20(25)22-19-6-2-5-18(12-19)21(26)23-11-3-4-16(13-23)14-24/h2,5-10,12,16,24H,3-4,11,13-14H2,1H3,(H,22,25). The topological polar surface area (TPSA) is 69.6 Å². The number of benzene rings is 2. The second kappa shape index (κ2) is 8.15. The van der Waals surface area contributed by atoms with E-state index in [2.05, 4.69) is 5.32 Å². The zero-order valence-electron chi connectivity index (χ0n) is 14.9. The number of likely N-dealkylation sites (tertiary alicyclic amines) is 1. The van der Waals surface area contributed by atoms with Gasteiger partial charge in [0.15, 0.2) is 0 Å². The number of nitrogens with one attached hydrogen (secondary N) is 1. The first kappa shape index (κ1) is 18.1. The summed E-state index contributed by atoms with van der Waals surface area (Å²) in [5.74, 6) is -0.111. The van der Waals surface area contributed by atoms with Gasteiger partial charge in [0.1, 0.15) is 0 Å². The second-order valence-electron chi connectivity index (χ2n) is 6.84. The molecule has 1 aliphatic heterocycles. The summed E-state index contributed by atoms with van der Waals surface area (Å²) in [7, 11) is 0. The van der Waals surface area contributed by atoms with Gasteiger partial charge in [-0.15, -0.1) is 0 Å². The van der Waals surface area contributed by atoms with Crippen LogP contribution in [0.2, 0.25) is 0 Å². The van der Waals surface area contributed by atoms with Crippen molar-refractivity contribution in [3.05, 3.63) is 65.2 Å². The number of aliphatic hydroxyl groups is 1. The van der Waals surface area contributed by atoms with Crippen molar-refractivity contribution in [1.82, 2.24) is 4.90 Å². The number of amides is 2. The molecule has 0 aliphatic carbocycles. The van der Waals surface area contributed by atoms with Crippen molar-refractivity contribution in [1.29, 1.82) is 0 Å². The molecule has 2 amide bonds. The average Bonchev–Trinajstić information content (AvgIpc) is 2.68. The van der Waals surface area contributed by atoms with E-state index in [0.29, 0.717) is 29.9 Å². The number of hydrogen-bond donors (Lipinski definition) is 2. The number of aryl methyl sites for hydroxylation is 1. The van der Waals surface area contributed by atoms with Crippen molar-refractivity contribution >= 4 is 17.5 Å². The summed E-state index contributed by atoms with van der Waals surface area (Å²) in [5, 5.41) is 12.2. The normalized spacial score (nSPS) is 17.0. The predicted octanol–water partition coefficient (Wildman–Crippen LogP) is 3.09. The van der Waals surface area contributed by atoms with Crippen molar-refractivity contribution in [2.24, 2.45) is 5.92 Å². The molecule has 2 aromatic carbocycles. The molecule has 136 valence electrons. The van der Waals surface area contributed by atoms with E-state index in [4.69, 9.17) is 0 Å². The number of nitrogens with zero attached hydrogens (tertiary/aromatic N) is 1. The minimum Gasteiger partial charge on any atom is -0.396 e. The van der Waals surface area contributed by atoms with Gasteiger partial charge in [-0.1, -0.05) is 23.8 Å². The van der Waals surface area contributed by atoms with Crippen LogP contribution in [-0.4, -0.2) is 41.5 Å². The number of hydrogen-bond acceptors (Lipinski definition) is 3. The largest absolute Gasteiger partial charge is 0.396 e. The van der Waals surface area contributed by atoms with Gasteiger partial charge >= 0.3 is 0 Å². The van der Waals surface area contributed by atoms with E-state index in [9.17, 15) is 14.7 Å². The molecule has 0 spiro atoms. The minimum atomic E-state index is -0.201. The third-order valence-corrected chi connectivity index (χ3v) is 4.75. The van der Waals surface area contributed by atoms with Crippen LogP contribution in [0.1, 0.15) is 39.1 Å². The van der Waals surface area contributed by atoms with E-state index in [1.165, 1.54) is 0 Å². The first-order valence-corrected chi connectivity index (χ1v) is 8.95. The van der Waals surface area contributed by atoms with E-state index < -0.39 is 0 Å². The Morgan fingerprint density at radius 2 is 1.92 bits per heavy atom. The van der Waals surface area contributed by atoms with Gasteiger partial charge in [-0.25, -0.2) is 0 Å². The van der Waals surface area contributed by atoms with Gasteiger partial charge in [0, 0.05) is 36.5 Å². The maximum atomic E-state index is 12.7. The lowest BCUT2D eigenvalue weighted by Gasteiger charge is -2.32. The fraction of sp³-hybridized carbons (Fsp3) is 0.333. The molecule has 1 unspecified atom stereocenters. The van der Waals surface area contributed by atoms with Gasteiger partial charge in [0.05, 0.1) is 0 Å². The molecule has 1 saturated heterocycles. The van der Waals surface area contributed by atoms with Crippen molar-refractivity contribution in [3.63, 3.8) is 0 Å². The maximum absolute atomic E-state index is 12.7. The Hall–Kier alpha value is -2.66. The van der Waals surface area contributed by atoms with Crippen LogP contribution in [0.4, 0.5) is 5.69 Å². The third kappa shape index (κ3) is 4.29. The highest BCUT2D eigenvalue weighted by Crippen LogP contribution is 2.20. The molecule has 0 aromatic heterocycles. The van der Waals surface area contributed by atoms with Crippen LogP contribution in [0.15, 0.2) is 48.5 Å². The SMILES string of the molecule is Cc1ccc(C(=O)Nc2cccc(C(=O)N3CCCC(CO)C3)c2)cc1. The summed E-state index contributed by atoms with van der Waals surface area (Å²) >= 11 is 0. The Kier molecular flexibility index (Phi) is 5.68. The number of aliphatic hydroxyl groups excluding tert-OH is 1. The van der Waals surface area contributed by atoms with Crippen LogP contribution in [0.25, 0.3) is 0 Å². The van der Waals surface area contributed by atoms with Crippen molar-refractivity contribution in [2.75, 3.05) is 25.0 Å². The molecule has 0 bridgehead atoms. The van der Waals surface area contributed by atoms with Crippen LogP contribution in [0.3, 0.4) is 0 Å². The molecule has 26 heavy (non-hydrogen) atoms. The van der Waals surface area contributed by atoms with Gasteiger partial charge in [0.25, 0.3) is 11.8 Å². The number of anilines is 1. The smallest absolute Gasteiger partial charge is 0.255 e. The number of carbonyl (C=O) groups is 2. The Bertz CT molecular complexity index is 786. The molecule has 1 aliphatic rings. The van der Waals surface area contributed by atoms with E-state index in [1.807, 2.05) is 19.1 Å². The number of carbonyl (C=O) groups excluding carboxylic acids is 2. The quantitative estimate of drug-likeness (QED) is 0.888. The fourth-order valence-electron chi connectivity index (χ4n) is 3.22. The summed E-state index contributed by atoms with van der Waals surface area (Å²) < 4.78 is 0. The maximum Gasteiger partial charge on any atom is 0.255 e. The molecular weight excluding hydrogens is 328 g/mol. The Balaban J connectivity index is 1.70. The molecule has 5 heteroatoms. The predicted molar refractivity (Wildman–Crippen MR) is 101 cm³/mol. The van der Waals surface area contributed by atoms with Gasteiger partial charge in [-0.2, -0.15) is 0 Å². The Morgan fingerprint density at radius 3 is 2.65 bits per heavy atom. The van der Waals surface area contributed by atoms with E-state index in [-0.39, 0.29) is 24.3 Å². The van der Waals surface area contributed by atoms with Crippen molar-refractivity contribution < 1.29 is 14.7 Å². The lowest BCUT2D eigenvalue weighted by Crippen LogP contribution is -2.40. The second-order valence-corrected chi connectivity index (χ2v) is 6.84. The fourth-order valence-corrected chi connectivity index (χ4v) is 3.22.